The Morgan fingerprint density at radius 1 is 1.11 bits per heavy atom. The number of esters is 1. The second kappa shape index (κ2) is 9.75. The van der Waals surface area contributed by atoms with Crippen molar-refractivity contribution in [2.75, 3.05) is 14.2 Å². The lowest BCUT2D eigenvalue weighted by molar-refractivity contribution is -0.128. The molecular weight excluding hydrogens is 366 g/mol. The fourth-order valence-corrected chi connectivity index (χ4v) is 2.40. The highest BCUT2D eigenvalue weighted by atomic mass is 16.5. The van der Waals surface area contributed by atoms with Crippen molar-refractivity contribution in [3.8, 4) is 23.0 Å². The van der Waals surface area contributed by atoms with Gasteiger partial charge in [0.25, 0.3) is 0 Å². The summed E-state index contributed by atoms with van der Waals surface area (Å²) >= 11 is 0. The van der Waals surface area contributed by atoms with Crippen molar-refractivity contribution in [3.63, 3.8) is 0 Å². The number of aliphatic hydroxyl groups is 2. The maximum absolute atomic E-state index is 12.0. The van der Waals surface area contributed by atoms with Crippen LogP contribution >= 0.6 is 0 Å². The number of carbonyl (C=O) groups is 1. The van der Waals surface area contributed by atoms with Gasteiger partial charge in [-0.25, -0.2) is 4.79 Å². The summed E-state index contributed by atoms with van der Waals surface area (Å²) in [6.07, 6.45) is 1.41. The number of phenolic OH excluding ortho intramolecular Hbond substituents is 1. The Labute approximate surface area is 162 Å². The van der Waals surface area contributed by atoms with Gasteiger partial charge in [-0.15, -0.1) is 0 Å². The fourth-order valence-electron chi connectivity index (χ4n) is 2.40. The van der Waals surface area contributed by atoms with Crippen LogP contribution in [0.5, 0.6) is 23.0 Å². The molecule has 0 saturated heterocycles. The van der Waals surface area contributed by atoms with E-state index in [4.69, 9.17) is 30.2 Å². The monoisotopic (exact) mass is 389 g/mol. The van der Waals surface area contributed by atoms with Gasteiger partial charge < -0.3 is 35.3 Å². The molecular formula is C20H23NO7. The highest BCUT2D eigenvalue weighted by Gasteiger charge is 2.12. The lowest BCUT2D eigenvalue weighted by atomic mass is 10.1. The number of hydrogen-bond donors (Lipinski definition) is 4. The molecule has 0 aliphatic rings. The first kappa shape index (κ1) is 21.2. The first-order valence-corrected chi connectivity index (χ1v) is 8.39. The predicted octanol–water partition coefficient (Wildman–Crippen LogP) is 1.21. The number of methoxy groups -OCH3 is 2. The van der Waals surface area contributed by atoms with E-state index in [1.807, 2.05) is 0 Å². The van der Waals surface area contributed by atoms with Crippen molar-refractivity contribution in [3.05, 3.63) is 53.6 Å². The Bertz CT molecular complexity index is 806. The molecule has 0 amide bonds. The number of aliphatic hydroxyl groups excluding tert-OH is 1. The number of rotatable bonds is 8. The standard InChI is InChI=1S/C20H23NO7/c1-26-16-10-13(11-17(27-2)19(16)23)5-8-18(22)28-14-6-3-12(4-7-14)9-15(21)20(24)25/h3-8,10-11,15,20,23-25H,9,21H2,1-2H3/t15-/m0/s1. The Morgan fingerprint density at radius 3 is 2.18 bits per heavy atom. The molecule has 2 aromatic carbocycles. The first-order valence-electron chi connectivity index (χ1n) is 8.39. The predicted molar refractivity (Wildman–Crippen MR) is 102 cm³/mol. The van der Waals surface area contributed by atoms with Gasteiger partial charge in [-0.05, 0) is 47.9 Å². The Morgan fingerprint density at radius 2 is 1.68 bits per heavy atom. The van der Waals surface area contributed by atoms with Crippen LogP contribution in [0.1, 0.15) is 11.1 Å². The average molecular weight is 389 g/mol. The Kier molecular flexibility index (Phi) is 7.39. The van der Waals surface area contributed by atoms with E-state index in [-0.39, 0.29) is 23.7 Å². The van der Waals surface area contributed by atoms with E-state index in [9.17, 15) is 9.90 Å². The minimum atomic E-state index is -1.60. The van der Waals surface area contributed by atoms with Crippen LogP contribution in [0.15, 0.2) is 42.5 Å². The second-order valence-corrected chi connectivity index (χ2v) is 5.95. The lowest BCUT2D eigenvalue weighted by Crippen LogP contribution is -2.36. The molecule has 0 fully saturated rings. The zero-order valence-corrected chi connectivity index (χ0v) is 15.5. The molecule has 0 spiro atoms. The minimum Gasteiger partial charge on any atom is -0.502 e. The summed E-state index contributed by atoms with van der Waals surface area (Å²) < 4.78 is 15.3. The summed E-state index contributed by atoms with van der Waals surface area (Å²) in [5, 5.41) is 27.9. The van der Waals surface area contributed by atoms with Gasteiger partial charge in [0.15, 0.2) is 17.8 Å². The van der Waals surface area contributed by atoms with Crippen molar-refractivity contribution in [2.24, 2.45) is 5.73 Å². The van der Waals surface area contributed by atoms with Crippen molar-refractivity contribution >= 4 is 12.0 Å². The van der Waals surface area contributed by atoms with Gasteiger partial charge in [0, 0.05) is 6.08 Å². The highest BCUT2D eigenvalue weighted by molar-refractivity contribution is 5.89. The number of ether oxygens (including phenoxy) is 3. The van der Waals surface area contributed by atoms with Crippen LogP contribution in [0.25, 0.3) is 6.08 Å². The Balaban J connectivity index is 2.02. The lowest BCUT2D eigenvalue weighted by Gasteiger charge is -2.13. The van der Waals surface area contributed by atoms with E-state index in [0.717, 1.165) is 5.56 Å². The van der Waals surface area contributed by atoms with Gasteiger partial charge in [0.05, 0.1) is 20.3 Å². The zero-order valence-electron chi connectivity index (χ0n) is 15.5. The van der Waals surface area contributed by atoms with Gasteiger partial charge in [-0.2, -0.15) is 0 Å². The zero-order chi connectivity index (χ0) is 20.7. The largest absolute Gasteiger partial charge is 0.502 e. The van der Waals surface area contributed by atoms with Crippen molar-refractivity contribution in [2.45, 2.75) is 18.8 Å². The fraction of sp³-hybridized carbons (Fsp3) is 0.250. The minimum absolute atomic E-state index is 0.127. The molecule has 1 atom stereocenters. The molecule has 0 bridgehead atoms. The van der Waals surface area contributed by atoms with E-state index in [1.54, 1.807) is 36.4 Å². The summed E-state index contributed by atoms with van der Waals surface area (Å²) in [7, 11) is 2.82. The molecule has 5 N–H and O–H groups in total. The van der Waals surface area contributed by atoms with E-state index < -0.39 is 18.3 Å². The number of hydrogen-bond acceptors (Lipinski definition) is 8. The number of nitrogens with two attached hydrogens (primary N) is 1. The van der Waals surface area contributed by atoms with Crippen LogP contribution in [-0.4, -0.2) is 47.8 Å². The van der Waals surface area contributed by atoms with Crippen LogP contribution in [-0.2, 0) is 11.2 Å². The third-order valence-corrected chi connectivity index (χ3v) is 3.91. The van der Waals surface area contributed by atoms with E-state index in [1.165, 1.54) is 26.4 Å². The maximum Gasteiger partial charge on any atom is 0.336 e. The summed E-state index contributed by atoms with van der Waals surface area (Å²) in [5.41, 5.74) is 6.94. The van der Waals surface area contributed by atoms with Gasteiger partial charge in [-0.3, -0.25) is 0 Å². The maximum atomic E-state index is 12.0. The molecule has 0 aliphatic heterocycles. The van der Waals surface area contributed by atoms with E-state index >= 15 is 0 Å². The molecule has 0 unspecified atom stereocenters. The van der Waals surface area contributed by atoms with Crippen LogP contribution < -0.4 is 19.9 Å². The van der Waals surface area contributed by atoms with Crippen molar-refractivity contribution in [1.82, 2.24) is 0 Å². The normalized spacial score (nSPS) is 12.2. The SMILES string of the molecule is COc1cc(C=CC(=O)Oc2ccc(C[C@H](N)C(O)O)cc2)cc(OC)c1O. The van der Waals surface area contributed by atoms with Crippen molar-refractivity contribution in [1.29, 1.82) is 0 Å². The molecule has 28 heavy (non-hydrogen) atoms. The quantitative estimate of drug-likeness (QED) is 0.229. The average Bonchev–Trinajstić information content (AvgIpc) is 2.68. The van der Waals surface area contributed by atoms with Gasteiger partial charge >= 0.3 is 5.97 Å². The Hall–Kier alpha value is -3.07. The second-order valence-electron chi connectivity index (χ2n) is 5.95. The number of carbonyl (C=O) groups excluding carboxylic acids is 1. The van der Waals surface area contributed by atoms with Gasteiger partial charge in [0.2, 0.25) is 5.75 Å². The van der Waals surface area contributed by atoms with E-state index in [0.29, 0.717) is 11.3 Å². The molecule has 150 valence electrons. The van der Waals surface area contributed by atoms with Crippen LogP contribution in [0.4, 0.5) is 0 Å². The third-order valence-electron chi connectivity index (χ3n) is 3.91. The van der Waals surface area contributed by atoms with Crippen LogP contribution in [0.3, 0.4) is 0 Å². The van der Waals surface area contributed by atoms with E-state index in [2.05, 4.69) is 0 Å². The summed E-state index contributed by atoms with van der Waals surface area (Å²) in [6.45, 7) is 0. The van der Waals surface area contributed by atoms with Crippen LogP contribution in [0.2, 0.25) is 0 Å². The third kappa shape index (κ3) is 5.71. The van der Waals surface area contributed by atoms with Gasteiger partial charge in [-0.1, -0.05) is 12.1 Å². The molecule has 0 radical (unpaired) electrons. The number of phenols is 1. The van der Waals surface area contributed by atoms with Gasteiger partial charge in [0.1, 0.15) is 5.75 Å². The first-order chi connectivity index (χ1) is 13.3. The molecule has 2 rings (SSSR count). The summed E-state index contributed by atoms with van der Waals surface area (Å²) in [4.78, 5) is 12.0. The molecule has 0 saturated carbocycles. The van der Waals surface area contributed by atoms with Crippen LogP contribution in [0, 0.1) is 0 Å². The number of aromatic hydroxyl groups is 1. The summed E-state index contributed by atoms with van der Waals surface area (Å²) in [5.74, 6) is 0.0419. The highest BCUT2D eigenvalue weighted by Crippen LogP contribution is 2.37. The molecule has 8 heteroatoms. The molecule has 0 aromatic heterocycles. The summed E-state index contributed by atoms with van der Waals surface area (Å²) in [6, 6.07) is 8.85. The molecule has 0 heterocycles. The number of benzene rings is 2. The molecule has 0 aliphatic carbocycles. The smallest absolute Gasteiger partial charge is 0.336 e. The molecule has 2 aromatic rings. The molecule has 8 nitrogen and oxygen atoms in total. The van der Waals surface area contributed by atoms with Crippen molar-refractivity contribution < 1.29 is 34.3 Å². The topological polar surface area (TPSA) is 131 Å².